The maximum absolute atomic E-state index is 5.48. The van der Waals surface area contributed by atoms with Crippen LogP contribution in [-0.2, 0) is 11.3 Å². The molecule has 0 spiro atoms. The SMILES string of the molecule is COc1ccc(CN(C)c2cc(C3CCOC3)ncn2)c2cccnc12. The molecule has 6 nitrogen and oxygen atoms in total. The van der Waals surface area contributed by atoms with Crippen molar-refractivity contribution < 1.29 is 9.47 Å². The first-order chi connectivity index (χ1) is 12.8. The zero-order chi connectivity index (χ0) is 17.9. The first-order valence-electron chi connectivity index (χ1n) is 8.77. The maximum atomic E-state index is 5.48. The minimum Gasteiger partial charge on any atom is -0.494 e. The lowest BCUT2D eigenvalue weighted by atomic mass is 10.0. The molecule has 1 aromatic carbocycles. The zero-order valence-electron chi connectivity index (χ0n) is 15.1. The highest BCUT2D eigenvalue weighted by Crippen LogP contribution is 2.29. The standard InChI is InChI=1S/C20H22N4O2/c1-24(19-10-17(22-13-23-19)15-7-9-26-12-15)11-14-5-6-18(25-2)20-16(14)4-3-8-21-20/h3-6,8,10,13,15H,7,9,11-12H2,1-2H3. The molecule has 0 amide bonds. The molecule has 2 aromatic heterocycles. The van der Waals surface area contributed by atoms with Crippen molar-refractivity contribution in [3.05, 3.63) is 54.1 Å². The number of rotatable bonds is 5. The van der Waals surface area contributed by atoms with Gasteiger partial charge in [-0.25, -0.2) is 9.97 Å². The molecule has 0 radical (unpaired) electrons. The van der Waals surface area contributed by atoms with Gasteiger partial charge in [0.25, 0.3) is 0 Å². The van der Waals surface area contributed by atoms with Crippen molar-refractivity contribution in [3.8, 4) is 5.75 Å². The Morgan fingerprint density at radius 3 is 2.96 bits per heavy atom. The first-order valence-corrected chi connectivity index (χ1v) is 8.77. The van der Waals surface area contributed by atoms with Crippen LogP contribution >= 0.6 is 0 Å². The third-order valence-electron chi connectivity index (χ3n) is 4.86. The van der Waals surface area contributed by atoms with Gasteiger partial charge in [0, 0.05) is 43.8 Å². The quantitative estimate of drug-likeness (QED) is 0.704. The Morgan fingerprint density at radius 2 is 2.15 bits per heavy atom. The molecule has 0 saturated carbocycles. The number of aromatic nitrogens is 3. The lowest BCUT2D eigenvalue weighted by Crippen LogP contribution is -2.19. The zero-order valence-corrected chi connectivity index (χ0v) is 15.1. The van der Waals surface area contributed by atoms with Crippen LogP contribution in [0.5, 0.6) is 5.75 Å². The van der Waals surface area contributed by atoms with Crippen molar-refractivity contribution in [2.75, 3.05) is 32.3 Å². The Hall–Kier alpha value is -2.73. The van der Waals surface area contributed by atoms with Gasteiger partial charge in [-0.15, -0.1) is 0 Å². The summed E-state index contributed by atoms with van der Waals surface area (Å²) in [5, 5.41) is 1.09. The summed E-state index contributed by atoms with van der Waals surface area (Å²) in [4.78, 5) is 15.5. The van der Waals surface area contributed by atoms with Crippen LogP contribution in [0.3, 0.4) is 0 Å². The van der Waals surface area contributed by atoms with Gasteiger partial charge in [0.05, 0.1) is 19.4 Å². The molecule has 1 saturated heterocycles. The summed E-state index contributed by atoms with van der Waals surface area (Å²) in [5.74, 6) is 2.07. The smallest absolute Gasteiger partial charge is 0.145 e. The van der Waals surface area contributed by atoms with Gasteiger partial charge in [-0.3, -0.25) is 4.98 Å². The van der Waals surface area contributed by atoms with Crippen LogP contribution in [0.25, 0.3) is 10.9 Å². The van der Waals surface area contributed by atoms with Gasteiger partial charge in [0.15, 0.2) is 0 Å². The van der Waals surface area contributed by atoms with Crippen LogP contribution in [-0.4, -0.2) is 42.3 Å². The van der Waals surface area contributed by atoms with E-state index in [1.165, 1.54) is 5.56 Å². The summed E-state index contributed by atoms with van der Waals surface area (Å²) in [5.41, 5.74) is 3.12. The van der Waals surface area contributed by atoms with E-state index in [1.807, 2.05) is 19.2 Å². The number of nitrogens with zero attached hydrogens (tertiary/aromatic N) is 4. The fourth-order valence-corrected chi connectivity index (χ4v) is 3.41. The molecule has 3 aromatic rings. The monoisotopic (exact) mass is 350 g/mol. The summed E-state index contributed by atoms with van der Waals surface area (Å²) >= 11 is 0. The number of anilines is 1. The van der Waals surface area contributed by atoms with E-state index in [1.54, 1.807) is 19.6 Å². The van der Waals surface area contributed by atoms with Crippen molar-refractivity contribution >= 4 is 16.7 Å². The molecular weight excluding hydrogens is 328 g/mol. The molecule has 0 bridgehead atoms. The molecule has 1 unspecified atom stereocenters. The van der Waals surface area contributed by atoms with Crippen molar-refractivity contribution in [1.82, 2.24) is 15.0 Å². The van der Waals surface area contributed by atoms with E-state index < -0.39 is 0 Å². The normalized spacial score (nSPS) is 16.8. The molecule has 1 aliphatic rings. The number of hydrogen-bond acceptors (Lipinski definition) is 6. The van der Waals surface area contributed by atoms with Gasteiger partial charge in [-0.1, -0.05) is 12.1 Å². The molecule has 1 fully saturated rings. The van der Waals surface area contributed by atoms with E-state index >= 15 is 0 Å². The van der Waals surface area contributed by atoms with Gasteiger partial charge in [0.1, 0.15) is 23.4 Å². The average molecular weight is 350 g/mol. The van der Waals surface area contributed by atoms with Gasteiger partial charge >= 0.3 is 0 Å². The Morgan fingerprint density at radius 1 is 1.23 bits per heavy atom. The summed E-state index contributed by atoms with van der Waals surface area (Å²) in [6, 6.07) is 10.2. The molecule has 134 valence electrons. The highest BCUT2D eigenvalue weighted by atomic mass is 16.5. The summed E-state index contributed by atoms with van der Waals surface area (Å²) in [6.45, 7) is 2.28. The molecule has 1 aliphatic heterocycles. The Kier molecular flexibility index (Phi) is 4.67. The fraction of sp³-hybridized carbons (Fsp3) is 0.350. The second-order valence-corrected chi connectivity index (χ2v) is 6.54. The number of benzene rings is 1. The van der Waals surface area contributed by atoms with Crippen LogP contribution in [0.2, 0.25) is 0 Å². The number of hydrogen-bond donors (Lipinski definition) is 0. The topological polar surface area (TPSA) is 60.4 Å². The van der Waals surface area contributed by atoms with Crippen molar-refractivity contribution in [1.29, 1.82) is 0 Å². The van der Waals surface area contributed by atoms with E-state index in [4.69, 9.17) is 9.47 Å². The first kappa shape index (κ1) is 16.7. The van der Waals surface area contributed by atoms with Gasteiger partial charge in [-0.05, 0) is 24.1 Å². The molecule has 6 heteroatoms. The minimum absolute atomic E-state index is 0.371. The number of ether oxygens (including phenoxy) is 2. The highest BCUT2D eigenvalue weighted by Gasteiger charge is 2.20. The number of pyridine rings is 1. The highest BCUT2D eigenvalue weighted by molar-refractivity contribution is 5.87. The Labute approximate surface area is 152 Å². The molecule has 0 aliphatic carbocycles. The third-order valence-corrected chi connectivity index (χ3v) is 4.86. The third kappa shape index (κ3) is 3.20. The largest absolute Gasteiger partial charge is 0.494 e. The minimum atomic E-state index is 0.371. The summed E-state index contributed by atoms with van der Waals surface area (Å²) in [6.07, 6.45) is 4.46. The Balaban J connectivity index is 1.61. The Bertz CT molecular complexity index is 909. The molecular formula is C20H22N4O2. The predicted octanol–water partition coefficient (Wildman–Crippen LogP) is 3.17. The molecule has 1 atom stereocenters. The van der Waals surface area contributed by atoms with Crippen LogP contribution < -0.4 is 9.64 Å². The molecule has 26 heavy (non-hydrogen) atoms. The van der Waals surface area contributed by atoms with Crippen molar-refractivity contribution in [2.45, 2.75) is 18.9 Å². The second-order valence-electron chi connectivity index (χ2n) is 6.54. The molecule has 4 rings (SSSR count). The van der Waals surface area contributed by atoms with Crippen molar-refractivity contribution in [2.24, 2.45) is 0 Å². The van der Waals surface area contributed by atoms with Crippen molar-refractivity contribution in [3.63, 3.8) is 0 Å². The van der Waals surface area contributed by atoms with Crippen LogP contribution in [0, 0.1) is 0 Å². The average Bonchev–Trinajstić information content (AvgIpc) is 3.23. The van der Waals surface area contributed by atoms with Gasteiger partial charge in [0.2, 0.25) is 0 Å². The fourth-order valence-electron chi connectivity index (χ4n) is 3.41. The van der Waals surface area contributed by atoms with Gasteiger partial charge < -0.3 is 14.4 Å². The van der Waals surface area contributed by atoms with E-state index in [0.717, 1.165) is 54.3 Å². The van der Waals surface area contributed by atoms with E-state index in [9.17, 15) is 0 Å². The lowest BCUT2D eigenvalue weighted by Gasteiger charge is -2.20. The number of methoxy groups -OCH3 is 1. The predicted molar refractivity (Wildman–Crippen MR) is 101 cm³/mol. The van der Waals surface area contributed by atoms with Crippen LogP contribution in [0.4, 0.5) is 5.82 Å². The van der Waals surface area contributed by atoms with Crippen LogP contribution in [0.15, 0.2) is 42.9 Å². The van der Waals surface area contributed by atoms with E-state index in [2.05, 4.69) is 38.1 Å². The lowest BCUT2D eigenvalue weighted by molar-refractivity contribution is 0.193. The summed E-state index contributed by atoms with van der Waals surface area (Å²) in [7, 11) is 3.72. The van der Waals surface area contributed by atoms with E-state index in [0.29, 0.717) is 5.92 Å². The summed E-state index contributed by atoms with van der Waals surface area (Å²) < 4.78 is 10.9. The number of fused-ring (bicyclic) bond motifs is 1. The maximum Gasteiger partial charge on any atom is 0.145 e. The molecule has 0 N–H and O–H groups in total. The van der Waals surface area contributed by atoms with E-state index in [-0.39, 0.29) is 0 Å². The van der Waals surface area contributed by atoms with Gasteiger partial charge in [-0.2, -0.15) is 0 Å². The van der Waals surface area contributed by atoms with Crippen LogP contribution in [0.1, 0.15) is 23.6 Å². The molecule has 3 heterocycles. The second kappa shape index (κ2) is 7.25.